The Labute approximate surface area is 204 Å². The highest BCUT2D eigenvalue weighted by molar-refractivity contribution is 5.78. The predicted octanol–water partition coefficient (Wildman–Crippen LogP) is 2.93. The third-order valence-electron chi connectivity index (χ3n) is 10.9. The first-order valence-electron chi connectivity index (χ1n) is 13.8. The van der Waals surface area contributed by atoms with Crippen LogP contribution < -0.4 is 0 Å². The summed E-state index contributed by atoms with van der Waals surface area (Å²) in [5, 5.41) is 5.02. The Morgan fingerprint density at radius 3 is 1.40 bits per heavy atom. The molecule has 0 spiro atoms. The van der Waals surface area contributed by atoms with Crippen LogP contribution >= 0.6 is 0 Å². The molecule has 0 N–H and O–H groups in total. The van der Waals surface area contributed by atoms with Crippen molar-refractivity contribution in [3.8, 4) is 0 Å². The molecule has 8 fully saturated rings. The topological polar surface area (TPSA) is 112 Å². The third-order valence-corrected chi connectivity index (χ3v) is 10.9. The van der Waals surface area contributed by atoms with Crippen LogP contribution in [0.3, 0.4) is 0 Å². The summed E-state index contributed by atoms with van der Waals surface area (Å²) in [6.45, 7) is 0. The van der Waals surface area contributed by atoms with Crippen molar-refractivity contribution >= 4 is 11.9 Å². The summed E-state index contributed by atoms with van der Waals surface area (Å²) < 4.78 is 23.0. The molecule has 0 radical (unpaired) electrons. The third kappa shape index (κ3) is 3.60. The number of hydrogen-bond acceptors (Lipinski definition) is 9. The summed E-state index contributed by atoms with van der Waals surface area (Å²) in [4.78, 5) is 37.5. The van der Waals surface area contributed by atoms with Gasteiger partial charge in [-0.25, -0.2) is 9.59 Å². The lowest BCUT2D eigenvalue weighted by molar-refractivity contribution is -0.466. The van der Waals surface area contributed by atoms with Crippen LogP contribution in [0.1, 0.15) is 77.0 Å². The van der Waals surface area contributed by atoms with Crippen molar-refractivity contribution in [2.75, 3.05) is 0 Å². The van der Waals surface area contributed by atoms with Crippen molar-refractivity contribution in [1.82, 2.24) is 0 Å². The van der Waals surface area contributed by atoms with Gasteiger partial charge in [0.05, 0.1) is 59.7 Å². The second kappa shape index (κ2) is 7.63. The summed E-state index contributed by atoms with van der Waals surface area (Å²) >= 11 is 0. The molecule has 12 unspecified atom stereocenters. The molecule has 4 saturated carbocycles. The van der Waals surface area contributed by atoms with Gasteiger partial charge in [-0.15, -0.1) is 0 Å². The number of epoxide rings is 4. The van der Waals surface area contributed by atoms with E-state index < -0.39 is 22.8 Å². The molecular weight excluding hydrogens is 456 g/mol. The minimum atomic E-state index is -0.666. The molecule has 0 bridgehead atoms. The number of hydrogen-bond donors (Lipinski definition) is 0. The van der Waals surface area contributed by atoms with Crippen LogP contribution in [0.5, 0.6) is 0 Å². The van der Waals surface area contributed by atoms with Gasteiger partial charge in [0.25, 0.3) is 0 Å². The minimum absolute atomic E-state index is 0.119. The molecule has 12 atom stereocenters. The molecule has 35 heavy (non-hydrogen) atoms. The maximum absolute atomic E-state index is 13.5. The molecule has 9 nitrogen and oxygen atoms in total. The van der Waals surface area contributed by atoms with Crippen LogP contribution in [0.2, 0.25) is 0 Å². The van der Waals surface area contributed by atoms with E-state index in [2.05, 4.69) is 0 Å². The lowest BCUT2D eigenvalue weighted by Gasteiger charge is -2.41. The van der Waals surface area contributed by atoms with E-state index >= 15 is 0 Å². The fourth-order valence-electron chi connectivity index (χ4n) is 8.45. The average Bonchev–Trinajstić information content (AvgIpc) is 3.73. The second-order valence-corrected chi connectivity index (χ2v) is 12.5. The number of rotatable bonds is 6. The molecule has 4 saturated heterocycles. The van der Waals surface area contributed by atoms with E-state index in [9.17, 15) is 9.59 Å². The molecule has 9 heteroatoms. The van der Waals surface area contributed by atoms with Gasteiger partial charge >= 0.3 is 11.9 Å². The van der Waals surface area contributed by atoms with Crippen molar-refractivity contribution in [2.45, 2.75) is 126 Å². The van der Waals surface area contributed by atoms with Crippen LogP contribution in [-0.4, -0.2) is 60.8 Å². The van der Waals surface area contributed by atoms with Gasteiger partial charge in [0.1, 0.15) is 0 Å². The highest BCUT2D eigenvalue weighted by Gasteiger charge is 2.62. The molecule has 8 aliphatic rings. The van der Waals surface area contributed by atoms with Crippen molar-refractivity contribution in [2.24, 2.45) is 22.7 Å². The standard InChI is InChI=1S/C26H34O9/c27-23(25(7-5-17-21(11-25)31-17)13-1-3-15-19(9-13)29-15)33-35-34-24(28)26(8-6-18-22(12-26)32-18)14-2-4-16-20(10-14)30-16/h13-22H,1-12H2. The van der Waals surface area contributed by atoms with E-state index in [1.807, 2.05) is 0 Å². The van der Waals surface area contributed by atoms with Gasteiger partial charge in [-0.3, -0.25) is 9.78 Å². The largest absolute Gasteiger partial charge is 0.370 e. The van der Waals surface area contributed by atoms with Crippen LogP contribution in [0, 0.1) is 22.7 Å². The van der Waals surface area contributed by atoms with Crippen LogP contribution in [-0.2, 0) is 43.3 Å². The Balaban J connectivity index is 0.947. The van der Waals surface area contributed by atoms with Crippen LogP contribution in [0.15, 0.2) is 0 Å². The predicted molar refractivity (Wildman–Crippen MR) is 115 cm³/mol. The van der Waals surface area contributed by atoms with Gasteiger partial charge in [-0.05, 0) is 88.9 Å². The first-order valence-corrected chi connectivity index (χ1v) is 13.8. The summed E-state index contributed by atoms with van der Waals surface area (Å²) in [6, 6.07) is 0. The first-order chi connectivity index (χ1) is 17.0. The molecule has 0 amide bonds. The molecule has 4 aliphatic carbocycles. The lowest BCUT2D eigenvalue weighted by atomic mass is 9.62. The van der Waals surface area contributed by atoms with E-state index in [1.165, 1.54) is 0 Å². The molecule has 8 rings (SSSR count). The monoisotopic (exact) mass is 490 g/mol. The van der Waals surface area contributed by atoms with Crippen molar-refractivity contribution in [3.05, 3.63) is 0 Å². The Bertz CT molecular complexity index is 852. The zero-order chi connectivity index (χ0) is 23.4. The van der Waals surface area contributed by atoms with E-state index in [0.29, 0.717) is 37.9 Å². The number of fused-ring (bicyclic) bond motifs is 4. The number of carbonyl (C=O) groups excluding carboxylic acids is 2. The molecule has 0 aromatic rings. The second-order valence-electron chi connectivity index (χ2n) is 12.5. The molecule has 192 valence electrons. The van der Waals surface area contributed by atoms with Crippen LogP contribution in [0.25, 0.3) is 0 Å². The summed E-state index contributed by atoms with van der Waals surface area (Å²) in [7, 11) is 0. The lowest BCUT2D eigenvalue weighted by Crippen LogP contribution is -2.46. The Kier molecular flexibility index (Phi) is 4.75. The van der Waals surface area contributed by atoms with Crippen molar-refractivity contribution in [3.63, 3.8) is 0 Å². The molecule has 0 aromatic heterocycles. The zero-order valence-electron chi connectivity index (χ0n) is 19.9. The zero-order valence-corrected chi connectivity index (χ0v) is 19.9. The van der Waals surface area contributed by atoms with Gasteiger partial charge in [0, 0.05) is 5.04 Å². The Morgan fingerprint density at radius 2 is 0.971 bits per heavy atom. The van der Waals surface area contributed by atoms with Gasteiger partial charge in [0.2, 0.25) is 0 Å². The molecular formula is C26H34O9. The fourth-order valence-corrected chi connectivity index (χ4v) is 8.45. The molecule has 0 aromatic carbocycles. The van der Waals surface area contributed by atoms with E-state index in [4.69, 9.17) is 33.8 Å². The highest BCUT2D eigenvalue weighted by Crippen LogP contribution is 2.58. The van der Waals surface area contributed by atoms with E-state index in [-0.39, 0.29) is 48.5 Å². The maximum atomic E-state index is 13.5. The van der Waals surface area contributed by atoms with Crippen molar-refractivity contribution < 1.29 is 43.3 Å². The van der Waals surface area contributed by atoms with Crippen molar-refractivity contribution in [1.29, 1.82) is 0 Å². The first kappa shape index (κ1) is 21.8. The average molecular weight is 491 g/mol. The van der Waals surface area contributed by atoms with Gasteiger partial charge in [-0.1, -0.05) is 0 Å². The van der Waals surface area contributed by atoms with Gasteiger partial charge < -0.3 is 18.9 Å². The summed E-state index contributed by atoms with van der Waals surface area (Å²) in [6.07, 6.45) is 12.0. The molecule has 4 aliphatic heterocycles. The fraction of sp³-hybridized carbons (Fsp3) is 0.923. The quantitative estimate of drug-likeness (QED) is 0.315. The maximum Gasteiger partial charge on any atom is 0.353 e. The Hall–Kier alpha value is -1.26. The highest BCUT2D eigenvalue weighted by atomic mass is 17.5. The minimum Gasteiger partial charge on any atom is -0.370 e. The number of carbonyl (C=O) groups is 2. The van der Waals surface area contributed by atoms with Gasteiger partial charge in [-0.2, -0.15) is 0 Å². The van der Waals surface area contributed by atoms with Gasteiger partial charge in [0.15, 0.2) is 0 Å². The smallest absolute Gasteiger partial charge is 0.353 e. The van der Waals surface area contributed by atoms with E-state index in [0.717, 1.165) is 51.4 Å². The SMILES string of the molecule is O=C(OOOC(=O)C1(C2CCC3OC3C2)CCC2OC2C1)C1(C2CCC3OC3C2)CCC2OC2C1. The molecule has 4 heterocycles. The summed E-state index contributed by atoms with van der Waals surface area (Å²) in [5.74, 6) is -0.520. The van der Waals surface area contributed by atoms with Crippen LogP contribution in [0.4, 0.5) is 0 Å². The normalized spacial score (nSPS) is 54.7. The number of ether oxygens (including phenoxy) is 4. The van der Waals surface area contributed by atoms with E-state index in [1.54, 1.807) is 0 Å². The Morgan fingerprint density at radius 1 is 0.543 bits per heavy atom. The summed E-state index contributed by atoms with van der Waals surface area (Å²) in [5.41, 5.74) is -1.33.